The van der Waals surface area contributed by atoms with E-state index in [0.29, 0.717) is 12.0 Å². The van der Waals surface area contributed by atoms with E-state index in [4.69, 9.17) is 5.73 Å². The molecule has 0 amide bonds. The smallest absolute Gasteiger partial charge is 0.223 e. The molecular weight excluding hydrogens is 202 g/mol. The fourth-order valence-corrected chi connectivity index (χ4v) is 1.88. The Kier molecular flexibility index (Phi) is 3.12. The van der Waals surface area contributed by atoms with Gasteiger partial charge in [-0.1, -0.05) is 13.3 Å². The molecular formula is C11H19N5. The monoisotopic (exact) mass is 221 g/mol. The molecule has 2 atom stereocenters. The first-order valence-electron chi connectivity index (χ1n) is 5.87. The van der Waals surface area contributed by atoms with Crippen molar-refractivity contribution in [3.63, 3.8) is 0 Å². The van der Waals surface area contributed by atoms with Crippen molar-refractivity contribution in [1.29, 1.82) is 0 Å². The maximum absolute atomic E-state index is 5.65. The average Bonchev–Trinajstić information content (AvgIpc) is 2.96. The largest absolute Gasteiger partial charge is 0.370 e. The summed E-state index contributed by atoms with van der Waals surface area (Å²) in [6.07, 6.45) is 2.45. The number of rotatable bonds is 5. The normalized spacial score (nSPS) is 22.9. The number of nitrogens with two attached hydrogens (primary N) is 1. The molecule has 88 valence electrons. The minimum absolute atomic E-state index is 0.314. The number of anilines is 3. The second-order valence-corrected chi connectivity index (χ2v) is 4.18. The number of nitrogen functional groups attached to an aromatic ring is 1. The Bertz CT molecular complexity index is 365. The Balaban J connectivity index is 2.03. The van der Waals surface area contributed by atoms with Crippen molar-refractivity contribution in [2.24, 2.45) is 5.92 Å². The summed E-state index contributed by atoms with van der Waals surface area (Å²) in [4.78, 5) is 8.29. The van der Waals surface area contributed by atoms with E-state index >= 15 is 0 Å². The second kappa shape index (κ2) is 4.55. The maximum atomic E-state index is 5.65. The van der Waals surface area contributed by atoms with Gasteiger partial charge in [-0.05, 0) is 19.3 Å². The molecule has 5 heteroatoms. The maximum Gasteiger partial charge on any atom is 0.223 e. The van der Waals surface area contributed by atoms with Gasteiger partial charge in [0.2, 0.25) is 5.95 Å². The zero-order chi connectivity index (χ0) is 11.5. The van der Waals surface area contributed by atoms with Gasteiger partial charge < -0.3 is 16.4 Å². The van der Waals surface area contributed by atoms with Crippen molar-refractivity contribution in [2.45, 2.75) is 32.7 Å². The summed E-state index contributed by atoms with van der Waals surface area (Å²) in [5.74, 6) is 2.71. The number of nitrogens with zero attached hydrogens (tertiary/aromatic N) is 2. The molecule has 16 heavy (non-hydrogen) atoms. The van der Waals surface area contributed by atoms with Crippen LogP contribution in [-0.2, 0) is 0 Å². The van der Waals surface area contributed by atoms with Crippen LogP contribution < -0.4 is 16.4 Å². The summed E-state index contributed by atoms with van der Waals surface area (Å²) in [5, 5.41) is 6.52. The Hall–Kier alpha value is -1.52. The fraction of sp³-hybridized carbons (Fsp3) is 0.636. The van der Waals surface area contributed by atoms with Crippen molar-refractivity contribution in [2.75, 3.05) is 22.9 Å². The first-order chi connectivity index (χ1) is 7.72. The van der Waals surface area contributed by atoms with Gasteiger partial charge in [0.05, 0.1) is 0 Å². The molecule has 1 aromatic rings. The predicted octanol–water partition coefficient (Wildman–Crippen LogP) is 1.70. The van der Waals surface area contributed by atoms with Gasteiger partial charge in [-0.2, -0.15) is 9.97 Å². The summed E-state index contributed by atoms with van der Waals surface area (Å²) in [7, 11) is 0. The number of nitrogens with one attached hydrogen (secondary N) is 2. The van der Waals surface area contributed by atoms with E-state index in [9.17, 15) is 0 Å². The van der Waals surface area contributed by atoms with Gasteiger partial charge >= 0.3 is 0 Å². The van der Waals surface area contributed by atoms with Crippen LogP contribution in [-0.4, -0.2) is 22.6 Å². The van der Waals surface area contributed by atoms with Crippen LogP contribution in [0.1, 0.15) is 26.7 Å². The minimum atomic E-state index is 0.314. The van der Waals surface area contributed by atoms with Gasteiger partial charge in [0.25, 0.3) is 0 Å². The third-order valence-electron chi connectivity index (χ3n) is 2.88. The third kappa shape index (κ3) is 2.53. The standard InChI is InChI=1S/C11H19N5/c1-3-7-5-8(7)14-10-6-9(13-4-2)15-11(12)16-10/h6-8H,3-5H2,1-2H3,(H4,12,13,14,15,16). The molecule has 2 rings (SSSR count). The highest BCUT2D eigenvalue weighted by Gasteiger charge is 2.35. The SMILES string of the molecule is CCNc1cc(NC2CC2CC)nc(N)n1. The van der Waals surface area contributed by atoms with Gasteiger partial charge in [0, 0.05) is 18.7 Å². The lowest BCUT2D eigenvalue weighted by Gasteiger charge is -2.08. The van der Waals surface area contributed by atoms with E-state index in [1.807, 2.05) is 13.0 Å². The van der Waals surface area contributed by atoms with Gasteiger partial charge in [0.1, 0.15) is 11.6 Å². The summed E-state index contributed by atoms with van der Waals surface area (Å²) in [6.45, 7) is 5.07. The Labute approximate surface area is 95.9 Å². The number of hydrogen-bond donors (Lipinski definition) is 3. The molecule has 0 bridgehead atoms. The minimum Gasteiger partial charge on any atom is -0.370 e. The molecule has 0 spiro atoms. The van der Waals surface area contributed by atoms with Crippen molar-refractivity contribution in [1.82, 2.24) is 9.97 Å². The molecule has 1 aromatic heterocycles. The second-order valence-electron chi connectivity index (χ2n) is 4.18. The predicted molar refractivity (Wildman–Crippen MR) is 66.4 cm³/mol. The molecule has 0 aromatic carbocycles. The zero-order valence-electron chi connectivity index (χ0n) is 9.83. The van der Waals surface area contributed by atoms with E-state index in [2.05, 4.69) is 27.5 Å². The van der Waals surface area contributed by atoms with E-state index in [0.717, 1.165) is 24.1 Å². The highest BCUT2D eigenvalue weighted by atomic mass is 15.1. The lowest BCUT2D eigenvalue weighted by atomic mass is 10.3. The molecule has 1 heterocycles. The molecule has 0 saturated heterocycles. The lowest BCUT2D eigenvalue weighted by molar-refractivity contribution is 0.773. The average molecular weight is 221 g/mol. The number of aromatic nitrogens is 2. The first-order valence-corrected chi connectivity index (χ1v) is 5.87. The quantitative estimate of drug-likeness (QED) is 0.705. The molecule has 0 radical (unpaired) electrons. The van der Waals surface area contributed by atoms with Crippen LogP contribution >= 0.6 is 0 Å². The highest BCUT2D eigenvalue weighted by molar-refractivity contribution is 5.52. The van der Waals surface area contributed by atoms with Gasteiger partial charge in [-0.15, -0.1) is 0 Å². The molecule has 1 aliphatic rings. The molecule has 1 aliphatic carbocycles. The van der Waals surface area contributed by atoms with E-state index < -0.39 is 0 Å². The van der Waals surface area contributed by atoms with Crippen molar-refractivity contribution in [3.8, 4) is 0 Å². The van der Waals surface area contributed by atoms with Gasteiger partial charge in [-0.3, -0.25) is 0 Å². The molecule has 1 saturated carbocycles. The van der Waals surface area contributed by atoms with Crippen LogP contribution in [0.2, 0.25) is 0 Å². The van der Waals surface area contributed by atoms with E-state index in [1.165, 1.54) is 12.8 Å². The van der Waals surface area contributed by atoms with Crippen LogP contribution in [0.4, 0.5) is 17.6 Å². The van der Waals surface area contributed by atoms with Crippen LogP contribution in [0.5, 0.6) is 0 Å². The van der Waals surface area contributed by atoms with E-state index in [-0.39, 0.29) is 0 Å². The lowest BCUT2D eigenvalue weighted by Crippen LogP contribution is -2.10. The van der Waals surface area contributed by atoms with Crippen LogP contribution in [0.25, 0.3) is 0 Å². The Morgan fingerprint density at radius 2 is 2.12 bits per heavy atom. The van der Waals surface area contributed by atoms with E-state index in [1.54, 1.807) is 0 Å². The summed E-state index contributed by atoms with van der Waals surface area (Å²) in [5.41, 5.74) is 5.65. The molecule has 2 unspecified atom stereocenters. The third-order valence-corrected chi connectivity index (χ3v) is 2.88. The molecule has 5 nitrogen and oxygen atoms in total. The summed E-state index contributed by atoms with van der Waals surface area (Å²) in [6, 6.07) is 2.47. The van der Waals surface area contributed by atoms with Gasteiger partial charge in [0.15, 0.2) is 0 Å². The summed E-state index contributed by atoms with van der Waals surface area (Å²) < 4.78 is 0. The van der Waals surface area contributed by atoms with Crippen LogP contribution in [0, 0.1) is 5.92 Å². The number of hydrogen-bond acceptors (Lipinski definition) is 5. The molecule has 1 fully saturated rings. The fourth-order valence-electron chi connectivity index (χ4n) is 1.88. The van der Waals surface area contributed by atoms with Crippen LogP contribution in [0.3, 0.4) is 0 Å². The van der Waals surface area contributed by atoms with Crippen molar-refractivity contribution in [3.05, 3.63) is 6.07 Å². The van der Waals surface area contributed by atoms with Crippen molar-refractivity contribution >= 4 is 17.6 Å². The van der Waals surface area contributed by atoms with Gasteiger partial charge in [-0.25, -0.2) is 0 Å². The topological polar surface area (TPSA) is 75.9 Å². The van der Waals surface area contributed by atoms with Crippen molar-refractivity contribution < 1.29 is 0 Å². The zero-order valence-corrected chi connectivity index (χ0v) is 9.83. The highest BCUT2D eigenvalue weighted by Crippen LogP contribution is 2.35. The molecule has 0 aliphatic heterocycles. The first kappa shape index (κ1) is 11.0. The van der Waals surface area contributed by atoms with Crippen LogP contribution in [0.15, 0.2) is 6.07 Å². The Morgan fingerprint density at radius 3 is 2.75 bits per heavy atom. The Morgan fingerprint density at radius 1 is 1.38 bits per heavy atom. The summed E-state index contributed by atoms with van der Waals surface area (Å²) >= 11 is 0. The molecule has 4 N–H and O–H groups in total.